The molecule has 0 saturated carbocycles. The van der Waals surface area contributed by atoms with Crippen LogP contribution in [0.1, 0.15) is 23.2 Å². The first-order chi connectivity index (χ1) is 9.75. The summed E-state index contributed by atoms with van der Waals surface area (Å²) in [6.07, 6.45) is 5.13. The first kappa shape index (κ1) is 12.8. The van der Waals surface area contributed by atoms with Gasteiger partial charge in [0.2, 0.25) is 0 Å². The molecule has 1 aliphatic rings. The molecule has 6 heteroatoms. The molecule has 2 aromatic heterocycles. The number of hydrogen-bond donors (Lipinski definition) is 2. The molecular formula is C14H16N4O2. The van der Waals surface area contributed by atoms with Crippen LogP contribution in [-0.2, 0) is 0 Å². The molecular weight excluding hydrogens is 256 g/mol. The Bertz CT molecular complexity index is 689. The first-order valence-corrected chi connectivity index (χ1v) is 6.74. The molecule has 3 heterocycles. The van der Waals surface area contributed by atoms with Gasteiger partial charge < -0.3 is 10.6 Å². The summed E-state index contributed by atoms with van der Waals surface area (Å²) in [5.41, 5.74) is 0.269. The highest BCUT2D eigenvalue weighted by molar-refractivity contribution is 5.93. The van der Waals surface area contributed by atoms with E-state index in [-0.39, 0.29) is 17.0 Å². The van der Waals surface area contributed by atoms with Gasteiger partial charge in [0.05, 0.1) is 0 Å². The van der Waals surface area contributed by atoms with Crippen LogP contribution in [0, 0.1) is 0 Å². The van der Waals surface area contributed by atoms with Crippen molar-refractivity contribution in [3.05, 3.63) is 46.5 Å². The summed E-state index contributed by atoms with van der Waals surface area (Å²) >= 11 is 0. The van der Waals surface area contributed by atoms with E-state index < -0.39 is 0 Å². The molecule has 2 aromatic rings. The number of pyridine rings is 1. The molecule has 0 aromatic carbocycles. The topological polar surface area (TPSA) is 75.5 Å². The summed E-state index contributed by atoms with van der Waals surface area (Å²) in [6.45, 7) is 1.52. The van der Waals surface area contributed by atoms with Gasteiger partial charge in [0.25, 0.3) is 11.5 Å². The van der Waals surface area contributed by atoms with E-state index in [1.54, 1.807) is 24.4 Å². The molecule has 0 bridgehead atoms. The van der Waals surface area contributed by atoms with Gasteiger partial charge in [-0.25, -0.2) is 4.98 Å². The number of rotatable bonds is 3. The minimum atomic E-state index is -0.366. The fraction of sp³-hybridized carbons (Fsp3) is 0.357. The molecule has 6 nitrogen and oxygen atoms in total. The summed E-state index contributed by atoms with van der Waals surface area (Å²) in [4.78, 5) is 28.4. The van der Waals surface area contributed by atoms with Crippen LogP contribution in [0.15, 0.2) is 35.4 Å². The van der Waals surface area contributed by atoms with Gasteiger partial charge in [-0.2, -0.15) is 0 Å². The normalized spacial score (nSPS) is 18.3. The standard InChI is InChI=1S/C14H16N4O2/c19-13(17-8-10-4-3-6-15-10)11-9-16-12-5-1-2-7-18(12)14(11)20/h1-2,5,7,9-10,15H,3-4,6,8H2,(H,17,19). The fourth-order valence-corrected chi connectivity index (χ4v) is 2.42. The molecule has 1 aliphatic heterocycles. The molecule has 3 rings (SSSR count). The smallest absolute Gasteiger partial charge is 0.270 e. The van der Waals surface area contributed by atoms with Crippen LogP contribution in [0.4, 0.5) is 0 Å². The quantitative estimate of drug-likeness (QED) is 0.835. The van der Waals surface area contributed by atoms with Crippen molar-refractivity contribution in [1.82, 2.24) is 20.0 Å². The Kier molecular flexibility index (Phi) is 3.47. The van der Waals surface area contributed by atoms with Gasteiger partial charge in [-0.15, -0.1) is 0 Å². The van der Waals surface area contributed by atoms with Crippen molar-refractivity contribution in [2.45, 2.75) is 18.9 Å². The zero-order chi connectivity index (χ0) is 13.9. The minimum Gasteiger partial charge on any atom is -0.350 e. The van der Waals surface area contributed by atoms with Crippen molar-refractivity contribution in [1.29, 1.82) is 0 Å². The maximum absolute atomic E-state index is 12.2. The Morgan fingerprint density at radius 3 is 3.20 bits per heavy atom. The maximum Gasteiger partial charge on any atom is 0.270 e. The van der Waals surface area contributed by atoms with E-state index in [1.165, 1.54) is 10.6 Å². The van der Waals surface area contributed by atoms with Crippen molar-refractivity contribution in [3.8, 4) is 0 Å². The lowest BCUT2D eigenvalue weighted by Gasteiger charge is -2.11. The molecule has 1 atom stereocenters. The largest absolute Gasteiger partial charge is 0.350 e. The van der Waals surface area contributed by atoms with E-state index in [0.29, 0.717) is 18.2 Å². The number of carbonyl (C=O) groups is 1. The van der Waals surface area contributed by atoms with Gasteiger partial charge in [-0.05, 0) is 31.5 Å². The van der Waals surface area contributed by atoms with Crippen molar-refractivity contribution in [2.24, 2.45) is 0 Å². The molecule has 2 N–H and O–H groups in total. The zero-order valence-electron chi connectivity index (χ0n) is 11.0. The number of nitrogens with zero attached hydrogens (tertiary/aromatic N) is 2. The van der Waals surface area contributed by atoms with Crippen molar-refractivity contribution in [2.75, 3.05) is 13.1 Å². The third-order valence-electron chi connectivity index (χ3n) is 3.53. The van der Waals surface area contributed by atoms with Gasteiger partial charge in [0.15, 0.2) is 0 Å². The molecule has 104 valence electrons. The lowest BCUT2D eigenvalue weighted by Crippen LogP contribution is -2.39. The second-order valence-corrected chi connectivity index (χ2v) is 4.91. The highest BCUT2D eigenvalue weighted by atomic mass is 16.2. The second-order valence-electron chi connectivity index (χ2n) is 4.91. The average Bonchev–Trinajstić information content (AvgIpc) is 2.99. The molecule has 20 heavy (non-hydrogen) atoms. The van der Waals surface area contributed by atoms with Crippen LogP contribution in [0.5, 0.6) is 0 Å². The summed E-state index contributed by atoms with van der Waals surface area (Å²) in [5.74, 6) is -0.366. The van der Waals surface area contributed by atoms with E-state index in [4.69, 9.17) is 0 Å². The van der Waals surface area contributed by atoms with E-state index in [9.17, 15) is 9.59 Å². The minimum absolute atomic E-state index is 0.0756. The summed E-state index contributed by atoms with van der Waals surface area (Å²) in [6, 6.07) is 5.56. The van der Waals surface area contributed by atoms with Gasteiger partial charge in [-0.1, -0.05) is 6.07 Å². The number of amides is 1. The molecule has 1 unspecified atom stereocenters. The van der Waals surface area contributed by atoms with E-state index in [0.717, 1.165) is 19.4 Å². The highest BCUT2D eigenvalue weighted by Gasteiger charge is 2.17. The number of nitrogens with one attached hydrogen (secondary N) is 2. The number of carbonyl (C=O) groups excluding carboxylic acids is 1. The summed E-state index contributed by atoms with van der Waals surface area (Å²) in [7, 11) is 0. The number of hydrogen-bond acceptors (Lipinski definition) is 4. The maximum atomic E-state index is 12.2. The fourth-order valence-electron chi connectivity index (χ4n) is 2.42. The second kappa shape index (κ2) is 5.42. The lowest BCUT2D eigenvalue weighted by molar-refractivity contribution is 0.0948. The third-order valence-corrected chi connectivity index (χ3v) is 3.53. The molecule has 0 radical (unpaired) electrons. The van der Waals surface area contributed by atoms with Gasteiger partial charge >= 0.3 is 0 Å². The Balaban J connectivity index is 1.80. The Morgan fingerprint density at radius 1 is 1.50 bits per heavy atom. The predicted octanol–water partition coefficient (Wildman–Crippen LogP) is 0.176. The van der Waals surface area contributed by atoms with E-state index in [1.807, 2.05) is 0 Å². The van der Waals surface area contributed by atoms with Gasteiger partial charge in [0, 0.05) is 25.0 Å². The van der Waals surface area contributed by atoms with Crippen LogP contribution >= 0.6 is 0 Å². The van der Waals surface area contributed by atoms with Crippen LogP contribution in [0.25, 0.3) is 5.65 Å². The van der Waals surface area contributed by atoms with Crippen LogP contribution in [0.2, 0.25) is 0 Å². The van der Waals surface area contributed by atoms with Crippen LogP contribution < -0.4 is 16.2 Å². The summed E-state index contributed by atoms with van der Waals surface area (Å²) < 4.78 is 1.38. The number of fused-ring (bicyclic) bond motifs is 1. The van der Waals surface area contributed by atoms with Crippen molar-refractivity contribution < 1.29 is 4.79 Å². The van der Waals surface area contributed by atoms with E-state index in [2.05, 4.69) is 15.6 Å². The molecule has 0 aliphatic carbocycles. The molecule has 1 saturated heterocycles. The van der Waals surface area contributed by atoms with Gasteiger partial charge in [0.1, 0.15) is 11.2 Å². The Labute approximate surface area is 115 Å². The molecule has 1 fully saturated rings. The average molecular weight is 272 g/mol. The van der Waals surface area contributed by atoms with Gasteiger partial charge in [-0.3, -0.25) is 14.0 Å². The highest BCUT2D eigenvalue weighted by Crippen LogP contribution is 2.03. The Morgan fingerprint density at radius 2 is 2.40 bits per heavy atom. The SMILES string of the molecule is O=C(NCC1CCCN1)c1cnc2ccccn2c1=O. The number of aromatic nitrogens is 2. The zero-order valence-corrected chi connectivity index (χ0v) is 11.0. The molecule has 1 amide bonds. The molecule has 0 spiro atoms. The summed E-state index contributed by atoms with van der Waals surface area (Å²) in [5, 5.41) is 6.09. The predicted molar refractivity (Wildman–Crippen MR) is 74.8 cm³/mol. The first-order valence-electron chi connectivity index (χ1n) is 6.74. The Hall–Kier alpha value is -2.21. The van der Waals surface area contributed by atoms with Crippen LogP contribution in [-0.4, -0.2) is 34.4 Å². The monoisotopic (exact) mass is 272 g/mol. The third kappa shape index (κ3) is 2.42. The lowest BCUT2D eigenvalue weighted by atomic mass is 10.2. The van der Waals surface area contributed by atoms with Crippen LogP contribution in [0.3, 0.4) is 0 Å². The van der Waals surface area contributed by atoms with Crippen molar-refractivity contribution in [3.63, 3.8) is 0 Å². The van der Waals surface area contributed by atoms with Crippen molar-refractivity contribution >= 4 is 11.6 Å². The van der Waals surface area contributed by atoms with E-state index >= 15 is 0 Å².